The first-order valence-corrected chi connectivity index (χ1v) is 7.19. The van der Waals surface area contributed by atoms with Gasteiger partial charge in [-0.1, -0.05) is 12.5 Å². The number of nitrogens with two attached hydrogens (primary N) is 1. The Morgan fingerprint density at radius 2 is 2.14 bits per heavy atom. The van der Waals surface area contributed by atoms with Crippen LogP contribution in [0.1, 0.15) is 24.8 Å². The van der Waals surface area contributed by atoms with Gasteiger partial charge in [-0.2, -0.15) is 13.2 Å². The molecule has 0 aliphatic heterocycles. The Morgan fingerprint density at radius 3 is 2.82 bits per heavy atom. The van der Waals surface area contributed by atoms with Crippen molar-refractivity contribution in [2.75, 3.05) is 13.2 Å². The molecule has 2 atom stereocenters. The van der Waals surface area contributed by atoms with Gasteiger partial charge in [0.15, 0.2) is 6.61 Å². The van der Waals surface area contributed by atoms with Gasteiger partial charge in [0.2, 0.25) is 0 Å². The number of halogens is 3. The Morgan fingerprint density at radius 1 is 1.36 bits per heavy atom. The largest absolute Gasteiger partial charge is 0.484 e. The zero-order valence-corrected chi connectivity index (χ0v) is 12.0. The first-order valence-electron chi connectivity index (χ1n) is 7.19. The van der Waals surface area contributed by atoms with Crippen LogP contribution in [0.2, 0.25) is 0 Å². The zero-order valence-electron chi connectivity index (χ0n) is 12.0. The molecule has 122 valence electrons. The summed E-state index contributed by atoms with van der Waals surface area (Å²) in [5.74, 6) is -0.0629. The smallest absolute Gasteiger partial charge is 0.416 e. The highest BCUT2D eigenvalue weighted by molar-refractivity contribution is 5.77. The lowest BCUT2D eigenvalue weighted by atomic mass is 10.0. The van der Waals surface area contributed by atoms with Crippen molar-refractivity contribution in [3.63, 3.8) is 0 Å². The summed E-state index contributed by atoms with van der Waals surface area (Å²) in [7, 11) is 0. The maximum Gasteiger partial charge on any atom is 0.416 e. The molecule has 4 nitrogen and oxygen atoms in total. The molecule has 1 aliphatic rings. The molecule has 0 aromatic heterocycles. The number of hydrogen-bond acceptors (Lipinski definition) is 3. The molecule has 22 heavy (non-hydrogen) atoms. The van der Waals surface area contributed by atoms with Crippen molar-refractivity contribution in [1.82, 2.24) is 5.32 Å². The maximum atomic E-state index is 12.6. The Hall–Kier alpha value is -1.76. The first kappa shape index (κ1) is 16.6. The Labute approximate surface area is 126 Å². The number of hydrogen-bond donors (Lipinski definition) is 2. The molecule has 7 heteroatoms. The molecule has 0 spiro atoms. The minimum absolute atomic E-state index is 0.0202. The molecule has 0 bridgehead atoms. The van der Waals surface area contributed by atoms with Gasteiger partial charge < -0.3 is 15.8 Å². The molecule has 1 aliphatic carbocycles. The monoisotopic (exact) mass is 316 g/mol. The summed E-state index contributed by atoms with van der Waals surface area (Å²) in [6.07, 6.45) is -1.56. The average Bonchev–Trinajstić information content (AvgIpc) is 2.91. The van der Waals surface area contributed by atoms with Gasteiger partial charge in [-0.25, -0.2) is 0 Å². The molecule has 1 saturated carbocycles. The standard InChI is InChI=1S/C15H19F3N2O2/c16-15(17,18)11-4-2-5-12(7-11)22-9-14(21)20-13-6-1-3-10(13)8-19/h2,4-5,7,10,13H,1,3,6,8-9,19H2,(H,20,21). The third-order valence-corrected chi connectivity index (χ3v) is 3.84. The summed E-state index contributed by atoms with van der Waals surface area (Å²) in [4.78, 5) is 11.8. The van der Waals surface area contributed by atoms with Crippen molar-refractivity contribution < 1.29 is 22.7 Å². The third kappa shape index (κ3) is 4.37. The van der Waals surface area contributed by atoms with Gasteiger partial charge in [-0.05, 0) is 43.5 Å². The highest BCUT2D eigenvalue weighted by Gasteiger charge is 2.31. The second-order valence-electron chi connectivity index (χ2n) is 5.41. The third-order valence-electron chi connectivity index (χ3n) is 3.84. The summed E-state index contributed by atoms with van der Waals surface area (Å²) < 4.78 is 42.9. The van der Waals surface area contributed by atoms with Crippen LogP contribution in [0.5, 0.6) is 5.75 Å². The Bertz CT molecular complexity index is 520. The fourth-order valence-corrected chi connectivity index (χ4v) is 2.67. The molecule has 1 fully saturated rings. The van der Waals surface area contributed by atoms with E-state index in [0.29, 0.717) is 6.54 Å². The summed E-state index contributed by atoms with van der Waals surface area (Å²) in [6, 6.07) is 4.50. The molecule has 1 amide bonds. The lowest BCUT2D eigenvalue weighted by molar-refractivity contribution is -0.137. The van der Waals surface area contributed by atoms with E-state index in [1.807, 2.05) is 0 Å². The number of amides is 1. The van der Waals surface area contributed by atoms with E-state index in [-0.39, 0.29) is 30.2 Å². The fourth-order valence-electron chi connectivity index (χ4n) is 2.67. The summed E-state index contributed by atoms with van der Waals surface area (Å²) in [6.45, 7) is 0.203. The highest BCUT2D eigenvalue weighted by atomic mass is 19.4. The molecule has 1 aromatic rings. The van der Waals surface area contributed by atoms with Crippen molar-refractivity contribution >= 4 is 5.91 Å². The lowest BCUT2D eigenvalue weighted by Gasteiger charge is -2.19. The number of ether oxygens (including phenoxy) is 1. The predicted octanol–water partition coefficient (Wildman–Crippen LogP) is 2.33. The average molecular weight is 316 g/mol. The van der Waals surface area contributed by atoms with Crippen LogP contribution < -0.4 is 15.8 Å². The molecule has 0 radical (unpaired) electrons. The number of carbonyl (C=O) groups is 1. The van der Waals surface area contributed by atoms with E-state index in [1.165, 1.54) is 12.1 Å². The molecule has 1 aromatic carbocycles. The number of carbonyl (C=O) groups excluding carboxylic acids is 1. The van der Waals surface area contributed by atoms with Crippen molar-refractivity contribution in [3.8, 4) is 5.75 Å². The van der Waals surface area contributed by atoms with Gasteiger partial charge in [0, 0.05) is 6.04 Å². The number of rotatable bonds is 5. The van der Waals surface area contributed by atoms with Crippen molar-refractivity contribution in [1.29, 1.82) is 0 Å². The quantitative estimate of drug-likeness (QED) is 0.876. The fraction of sp³-hybridized carbons (Fsp3) is 0.533. The van der Waals surface area contributed by atoms with Gasteiger partial charge in [0.1, 0.15) is 5.75 Å². The van der Waals surface area contributed by atoms with Gasteiger partial charge in [-0.3, -0.25) is 4.79 Å². The molecular formula is C15H19F3N2O2. The maximum absolute atomic E-state index is 12.6. The Balaban J connectivity index is 1.86. The molecular weight excluding hydrogens is 297 g/mol. The molecule has 0 heterocycles. The highest BCUT2D eigenvalue weighted by Crippen LogP contribution is 2.31. The molecule has 2 rings (SSSR count). The summed E-state index contributed by atoms with van der Waals surface area (Å²) in [5, 5.41) is 2.83. The van der Waals surface area contributed by atoms with Gasteiger partial charge in [0.05, 0.1) is 5.56 Å². The number of benzene rings is 1. The molecule has 3 N–H and O–H groups in total. The SMILES string of the molecule is NCC1CCCC1NC(=O)COc1cccc(C(F)(F)F)c1. The zero-order chi connectivity index (χ0) is 16.2. The van der Waals surface area contributed by atoms with E-state index in [0.717, 1.165) is 31.4 Å². The number of nitrogens with one attached hydrogen (secondary N) is 1. The van der Waals surface area contributed by atoms with E-state index < -0.39 is 11.7 Å². The minimum Gasteiger partial charge on any atom is -0.484 e. The van der Waals surface area contributed by atoms with Gasteiger partial charge in [0.25, 0.3) is 5.91 Å². The summed E-state index contributed by atoms with van der Waals surface area (Å²) in [5.41, 5.74) is 4.83. The lowest BCUT2D eigenvalue weighted by Crippen LogP contribution is -2.42. The van der Waals surface area contributed by atoms with E-state index >= 15 is 0 Å². The molecule has 2 unspecified atom stereocenters. The van der Waals surface area contributed by atoms with Gasteiger partial charge in [-0.15, -0.1) is 0 Å². The second-order valence-corrected chi connectivity index (χ2v) is 5.41. The van der Waals surface area contributed by atoms with E-state index in [4.69, 9.17) is 10.5 Å². The van der Waals surface area contributed by atoms with E-state index in [2.05, 4.69) is 5.32 Å². The van der Waals surface area contributed by atoms with Crippen LogP contribution in [-0.2, 0) is 11.0 Å². The van der Waals surface area contributed by atoms with E-state index in [1.54, 1.807) is 0 Å². The van der Waals surface area contributed by atoms with Crippen molar-refractivity contribution in [2.24, 2.45) is 11.7 Å². The minimum atomic E-state index is -4.43. The normalized spacial score (nSPS) is 21.6. The topological polar surface area (TPSA) is 64.3 Å². The van der Waals surface area contributed by atoms with Crippen LogP contribution in [0.25, 0.3) is 0 Å². The van der Waals surface area contributed by atoms with E-state index in [9.17, 15) is 18.0 Å². The van der Waals surface area contributed by atoms with Crippen LogP contribution in [-0.4, -0.2) is 25.1 Å². The van der Waals surface area contributed by atoms with Gasteiger partial charge >= 0.3 is 6.18 Å². The first-order chi connectivity index (χ1) is 10.4. The molecule has 0 saturated heterocycles. The van der Waals surface area contributed by atoms with Crippen LogP contribution in [0.15, 0.2) is 24.3 Å². The van der Waals surface area contributed by atoms with Crippen molar-refractivity contribution in [2.45, 2.75) is 31.5 Å². The Kier molecular flexibility index (Phi) is 5.28. The van der Waals surface area contributed by atoms with Crippen LogP contribution >= 0.6 is 0 Å². The predicted molar refractivity (Wildman–Crippen MR) is 75.3 cm³/mol. The van der Waals surface area contributed by atoms with Crippen LogP contribution in [0.3, 0.4) is 0 Å². The summed E-state index contributed by atoms with van der Waals surface area (Å²) >= 11 is 0. The second kappa shape index (κ2) is 7.00. The van der Waals surface area contributed by atoms with Crippen LogP contribution in [0, 0.1) is 5.92 Å². The number of alkyl halides is 3. The van der Waals surface area contributed by atoms with Crippen LogP contribution in [0.4, 0.5) is 13.2 Å². The van der Waals surface area contributed by atoms with Crippen molar-refractivity contribution in [3.05, 3.63) is 29.8 Å².